The van der Waals surface area contributed by atoms with Crippen LogP contribution in [-0.4, -0.2) is 62.0 Å². The number of carbonyl (C=O) groups is 1. The van der Waals surface area contributed by atoms with Gasteiger partial charge in [0.15, 0.2) is 11.5 Å². The average Bonchev–Trinajstić information content (AvgIpc) is 2.74. The molecule has 2 aromatic rings. The number of anilines is 1. The van der Waals surface area contributed by atoms with Crippen LogP contribution in [0.5, 0.6) is 11.5 Å². The lowest BCUT2D eigenvalue weighted by Crippen LogP contribution is -2.47. The first-order valence-electron chi connectivity index (χ1n) is 9.37. The number of aromatic hydroxyl groups is 1. The second-order valence-corrected chi connectivity index (χ2v) is 6.64. The highest BCUT2D eigenvalue weighted by molar-refractivity contribution is 5.83. The van der Waals surface area contributed by atoms with Gasteiger partial charge in [-0.05, 0) is 35.9 Å². The normalized spacial score (nSPS) is 15.0. The van der Waals surface area contributed by atoms with Gasteiger partial charge in [-0.25, -0.2) is 5.43 Å². The number of hydrazone groups is 1. The van der Waals surface area contributed by atoms with Crippen LogP contribution >= 0.6 is 0 Å². The van der Waals surface area contributed by atoms with Crippen molar-refractivity contribution in [3.63, 3.8) is 0 Å². The van der Waals surface area contributed by atoms with E-state index in [0.29, 0.717) is 12.2 Å². The topological polar surface area (TPSA) is 77.4 Å². The average molecular weight is 382 g/mol. The fraction of sp³-hybridized carbons (Fsp3) is 0.333. The number of benzene rings is 2. The van der Waals surface area contributed by atoms with Crippen LogP contribution in [0.1, 0.15) is 12.0 Å². The molecule has 0 atom stereocenters. The van der Waals surface area contributed by atoms with Crippen molar-refractivity contribution in [1.82, 2.24) is 10.3 Å². The molecule has 7 heteroatoms. The minimum atomic E-state index is -0.118. The molecule has 0 unspecified atom stereocenters. The molecule has 2 aromatic carbocycles. The van der Waals surface area contributed by atoms with Crippen molar-refractivity contribution in [2.75, 3.05) is 44.7 Å². The Kier molecular flexibility index (Phi) is 6.86. The number of ether oxygens (including phenoxy) is 1. The van der Waals surface area contributed by atoms with Gasteiger partial charge >= 0.3 is 0 Å². The van der Waals surface area contributed by atoms with Crippen LogP contribution in [0.25, 0.3) is 0 Å². The van der Waals surface area contributed by atoms with E-state index in [4.69, 9.17) is 4.74 Å². The van der Waals surface area contributed by atoms with E-state index in [1.807, 2.05) is 6.07 Å². The largest absolute Gasteiger partial charge is 0.504 e. The molecule has 28 heavy (non-hydrogen) atoms. The van der Waals surface area contributed by atoms with E-state index in [0.717, 1.165) is 38.3 Å². The standard InChI is InChI=1S/C21H26N4O3/c1-28-20-15-17(7-8-19(20)26)16-22-23-21(27)9-10-24-11-13-25(14-12-24)18-5-3-2-4-6-18/h2-8,15-16,26H,9-14H2,1H3,(H,23,27)/b22-16-. The Bertz CT molecular complexity index is 803. The molecule has 7 nitrogen and oxygen atoms in total. The van der Waals surface area contributed by atoms with Gasteiger partial charge in [0.25, 0.3) is 0 Å². The number of amides is 1. The van der Waals surface area contributed by atoms with Crippen molar-refractivity contribution < 1.29 is 14.6 Å². The van der Waals surface area contributed by atoms with Crippen molar-refractivity contribution in [2.24, 2.45) is 5.10 Å². The van der Waals surface area contributed by atoms with Crippen molar-refractivity contribution >= 4 is 17.8 Å². The number of phenols is 1. The smallest absolute Gasteiger partial charge is 0.241 e. The Morgan fingerprint density at radius 3 is 2.64 bits per heavy atom. The molecule has 2 N–H and O–H groups in total. The van der Waals surface area contributed by atoms with Gasteiger partial charge in [0.2, 0.25) is 5.91 Å². The molecule has 1 aliphatic rings. The van der Waals surface area contributed by atoms with Crippen LogP contribution < -0.4 is 15.1 Å². The monoisotopic (exact) mass is 382 g/mol. The summed E-state index contributed by atoms with van der Waals surface area (Å²) in [5.74, 6) is 0.313. The van der Waals surface area contributed by atoms with E-state index < -0.39 is 0 Å². The number of nitrogens with zero attached hydrogens (tertiary/aromatic N) is 3. The van der Waals surface area contributed by atoms with E-state index in [9.17, 15) is 9.90 Å². The van der Waals surface area contributed by atoms with Crippen molar-refractivity contribution in [3.05, 3.63) is 54.1 Å². The summed E-state index contributed by atoms with van der Waals surface area (Å²) in [5, 5.41) is 13.6. The zero-order valence-corrected chi connectivity index (χ0v) is 16.0. The van der Waals surface area contributed by atoms with E-state index in [1.54, 1.807) is 12.1 Å². The van der Waals surface area contributed by atoms with Crippen LogP contribution in [0, 0.1) is 0 Å². The second kappa shape index (κ2) is 9.75. The van der Waals surface area contributed by atoms with E-state index in [-0.39, 0.29) is 11.7 Å². The molecule has 3 rings (SSSR count). The van der Waals surface area contributed by atoms with Gasteiger partial charge in [0.05, 0.1) is 13.3 Å². The maximum atomic E-state index is 12.0. The first-order valence-corrected chi connectivity index (χ1v) is 9.37. The lowest BCUT2D eigenvalue weighted by Gasteiger charge is -2.36. The second-order valence-electron chi connectivity index (χ2n) is 6.64. The summed E-state index contributed by atoms with van der Waals surface area (Å²) in [4.78, 5) is 16.7. The molecule has 0 radical (unpaired) electrons. The molecule has 0 aromatic heterocycles. The molecule has 1 amide bonds. The first kappa shape index (κ1) is 19.7. The summed E-state index contributed by atoms with van der Waals surface area (Å²) in [6.45, 7) is 4.54. The van der Waals surface area contributed by atoms with Gasteiger partial charge < -0.3 is 14.7 Å². The molecular weight excluding hydrogens is 356 g/mol. The van der Waals surface area contributed by atoms with Gasteiger partial charge in [0, 0.05) is 44.8 Å². The number of para-hydroxylation sites is 1. The van der Waals surface area contributed by atoms with Gasteiger partial charge in [-0.1, -0.05) is 18.2 Å². The fourth-order valence-electron chi connectivity index (χ4n) is 3.14. The van der Waals surface area contributed by atoms with E-state index in [1.165, 1.54) is 25.1 Å². The minimum absolute atomic E-state index is 0.0658. The van der Waals surface area contributed by atoms with Crippen molar-refractivity contribution in [1.29, 1.82) is 0 Å². The van der Waals surface area contributed by atoms with Crippen molar-refractivity contribution in [3.8, 4) is 11.5 Å². The van der Waals surface area contributed by atoms with E-state index in [2.05, 4.69) is 44.6 Å². The molecule has 0 bridgehead atoms. The van der Waals surface area contributed by atoms with Crippen LogP contribution in [0.2, 0.25) is 0 Å². The highest BCUT2D eigenvalue weighted by Crippen LogP contribution is 2.25. The summed E-state index contributed by atoms with van der Waals surface area (Å²) in [6, 6.07) is 15.3. The quantitative estimate of drug-likeness (QED) is 0.566. The van der Waals surface area contributed by atoms with Gasteiger partial charge in [0.1, 0.15) is 0 Å². The highest BCUT2D eigenvalue weighted by Gasteiger charge is 2.17. The summed E-state index contributed by atoms with van der Waals surface area (Å²) in [7, 11) is 1.48. The Labute approximate surface area is 165 Å². The summed E-state index contributed by atoms with van der Waals surface area (Å²) in [5.41, 5.74) is 4.53. The van der Waals surface area contributed by atoms with Gasteiger partial charge in [-0.15, -0.1) is 0 Å². The molecule has 1 fully saturated rings. The van der Waals surface area contributed by atoms with Gasteiger partial charge in [-0.3, -0.25) is 9.69 Å². The molecular formula is C21H26N4O3. The number of hydrogen-bond donors (Lipinski definition) is 2. The fourth-order valence-corrected chi connectivity index (χ4v) is 3.14. The molecule has 1 heterocycles. The third kappa shape index (κ3) is 5.47. The van der Waals surface area contributed by atoms with Crippen LogP contribution in [0.15, 0.2) is 53.6 Å². The molecule has 148 valence electrons. The number of hydrogen-bond acceptors (Lipinski definition) is 6. The predicted octanol–water partition coefficient (Wildman–Crippen LogP) is 2.06. The minimum Gasteiger partial charge on any atom is -0.504 e. The maximum Gasteiger partial charge on any atom is 0.241 e. The number of phenolic OH excluding ortho intramolecular Hbond substituents is 1. The Morgan fingerprint density at radius 2 is 1.93 bits per heavy atom. The molecule has 0 saturated carbocycles. The van der Waals surface area contributed by atoms with Crippen LogP contribution in [0.4, 0.5) is 5.69 Å². The number of rotatable bonds is 7. The third-order valence-corrected chi connectivity index (χ3v) is 4.76. The zero-order chi connectivity index (χ0) is 19.8. The Morgan fingerprint density at radius 1 is 1.18 bits per heavy atom. The summed E-state index contributed by atoms with van der Waals surface area (Å²) < 4.78 is 5.05. The highest BCUT2D eigenvalue weighted by atomic mass is 16.5. The lowest BCUT2D eigenvalue weighted by molar-refractivity contribution is -0.121. The summed E-state index contributed by atoms with van der Waals surface area (Å²) >= 11 is 0. The number of piperazine rings is 1. The van der Waals surface area contributed by atoms with Crippen molar-refractivity contribution in [2.45, 2.75) is 6.42 Å². The van der Waals surface area contributed by atoms with Gasteiger partial charge in [-0.2, -0.15) is 5.10 Å². The van der Waals surface area contributed by atoms with Crippen LogP contribution in [-0.2, 0) is 4.79 Å². The Hall–Kier alpha value is -3.06. The molecule has 1 saturated heterocycles. The predicted molar refractivity (Wildman–Crippen MR) is 110 cm³/mol. The lowest BCUT2D eigenvalue weighted by atomic mass is 10.2. The molecule has 1 aliphatic heterocycles. The molecule has 0 spiro atoms. The first-order chi connectivity index (χ1) is 13.7. The zero-order valence-electron chi connectivity index (χ0n) is 16.0. The van der Waals surface area contributed by atoms with E-state index >= 15 is 0 Å². The summed E-state index contributed by atoms with van der Waals surface area (Å²) in [6.07, 6.45) is 1.93. The third-order valence-electron chi connectivity index (χ3n) is 4.76. The number of methoxy groups -OCH3 is 1. The molecule has 0 aliphatic carbocycles. The number of nitrogens with one attached hydrogen (secondary N) is 1. The number of carbonyl (C=O) groups excluding carboxylic acids is 1. The Balaban J connectivity index is 1.38. The SMILES string of the molecule is COc1cc(/C=N\NC(=O)CCN2CCN(c3ccccc3)CC2)ccc1O. The van der Waals surface area contributed by atoms with Crippen LogP contribution in [0.3, 0.4) is 0 Å². The maximum absolute atomic E-state index is 12.0.